The van der Waals surface area contributed by atoms with Crippen LogP contribution in [0.1, 0.15) is 24.2 Å². The molecule has 2 N–H and O–H groups in total. The molecule has 19 heavy (non-hydrogen) atoms. The molecule has 0 fully saturated rings. The number of nitrogens with zero attached hydrogens (tertiary/aromatic N) is 2. The lowest BCUT2D eigenvalue weighted by atomic mass is 10.0. The highest BCUT2D eigenvalue weighted by molar-refractivity contribution is 9.10. The lowest BCUT2D eigenvalue weighted by Crippen LogP contribution is -2.17. The largest absolute Gasteiger partial charge is 0.496 e. The smallest absolute Gasteiger partial charge is 0.133 e. The second-order valence-corrected chi connectivity index (χ2v) is 5.77. The molecular weight excluding hydrogens is 374 g/mol. The molecule has 1 aromatic carbocycles. The first-order valence-corrected chi connectivity index (χ1v) is 7.47. The maximum Gasteiger partial charge on any atom is 0.133 e. The van der Waals surface area contributed by atoms with Crippen molar-refractivity contribution in [1.82, 2.24) is 9.78 Å². The number of aryl methyl sites for hydroxylation is 1. The highest BCUT2D eigenvalue weighted by atomic mass is 79.9. The van der Waals surface area contributed by atoms with E-state index in [1.54, 1.807) is 13.3 Å². The number of hydrogen-bond donors (Lipinski definition) is 1. The molecule has 1 aromatic heterocycles. The van der Waals surface area contributed by atoms with Crippen molar-refractivity contribution in [2.75, 3.05) is 7.11 Å². The van der Waals surface area contributed by atoms with Crippen LogP contribution >= 0.6 is 31.9 Å². The van der Waals surface area contributed by atoms with Crippen LogP contribution in [0.2, 0.25) is 0 Å². The average molecular weight is 389 g/mol. The van der Waals surface area contributed by atoms with Crippen LogP contribution in [0.5, 0.6) is 5.75 Å². The van der Waals surface area contributed by atoms with Crippen molar-refractivity contribution < 1.29 is 4.74 Å². The quantitative estimate of drug-likeness (QED) is 0.872. The van der Waals surface area contributed by atoms with E-state index in [1.807, 2.05) is 29.8 Å². The van der Waals surface area contributed by atoms with Crippen molar-refractivity contribution in [2.45, 2.75) is 19.5 Å². The Balaban J connectivity index is 2.41. The maximum absolute atomic E-state index is 6.35. The number of nitrogens with two attached hydrogens (primary N) is 1. The van der Waals surface area contributed by atoms with Gasteiger partial charge in [-0.15, -0.1) is 0 Å². The Bertz CT molecular complexity index is 583. The van der Waals surface area contributed by atoms with Gasteiger partial charge in [0.15, 0.2) is 0 Å². The predicted octanol–water partition coefficient (Wildman–Crippen LogP) is 3.48. The number of rotatable bonds is 4. The van der Waals surface area contributed by atoms with Gasteiger partial charge >= 0.3 is 0 Å². The molecule has 0 saturated heterocycles. The van der Waals surface area contributed by atoms with E-state index in [9.17, 15) is 0 Å². The van der Waals surface area contributed by atoms with Crippen LogP contribution in [0, 0.1) is 0 Å². The summed E-state index contributed by atoms with van der Waals surface area (Å²) in [5.41, 5.74) is 8.32. The van der Waals surface area contributed by atoms with Crippen LogP contribution in [0.3, 0.4) is 0 Å². The molecule has 0 bridgehead atoms. The fraction of sp³-hybridized carbons (Fsp3) is 0.308. The molecule has 0 aliphatic carbocycles. The van der Waals surface area contributed by atoms with Crippen molar-refractivity contribution in [1.29, 1.82) is 0 Å². The van der Waals surface area contributed by atoms with Gasteiger partial charge in [0.1, 0.15) is 5.75 Å². The first-order chi connectivity index (χ1) is 9.08. The van der Waals surface area contributed by atoms with Gasteiger partial charge in [0, 0.05) is 6.54 Å². The number of aromatic nitrogens is 2. The highest BCUT2D eigenvalue weighted by Gasteiger charge is 2.18. The molecule has 0 aliphatic rings. The summed E-state index contributed by atoms with van der Waals surface area (Å²) in [5.74, 6) is 0.791. The zero-order valence-corrected chi connectivity index (χ0v) is 13.9. The highest BCUT2D eigenvalue weighted by Crippen LogP contribution is 2.32. The Morgan fingerprint density at radius 2 is 2.11 bits per heavy atom. The van der Waals surface area contributed by atoms with Crippen LogP contribution < -0.4 is 10.5 Å². The topological polar surface area (TPSA) is 53.1 Å². The molecule has 0 radical (unpaired) electrons. The van der Waals surface area contributed by atoms with E-state index in [0.717, 1.165) is 32.5 Å². The first kappa shape index (κ1) is 14.6. The third kappa shape index (κ3) is 2.85. The van der Waals surface area contributed by atoms with Gasteiger partial charge in [0.2, 0.25) is 0 Å². The summed E-state index contributed by atoms with van der Waals surface area (Å²) in [6.45, 7) is 2.82. The van der Waals surface area contributed by atoms with Crippen molar-refractivity contribution in [3.8, 4) is 5.75 Å². The Morgan fingerprint density at radius 1 is 1.37 bits per heavy atom. The van der Waals surface area contributed by atoms with Crippen LogP contribution in [0.4, 0.5) is 0 Å². The summed E-state index contributed by atoms with van der Waals surface area (Å²) in [7, 11) is 1.64. The lowest BCUT2D eigenvalue weighted by molar-refractivity contribution is 0.412. The van der Waals surface area contributed by atoms with Gasteiger partial charge in [0.05, 0.1) is 34.0 Å². The molecular formula is C13H15Br2N3O. The molecule has 4 nitrogen and oxygen atoms in total. The molecule has 102 valence electrons. The molecule has 6 heteroatoms. The maximum atomic E-state index is 6.35. The number of hydrogen-bond acceptors (Lipinski definition) is 3. The van der Waals surface area contributed by atoms with Gasteiger partial charge in [-0.05, 0) is 56.5 Å². The van der Waals surface area contributed by atoms with E-state index in [4.69, 9.17) is 10.5 Å². The van der Waals surface area contributed by atoms with Crippen LogP contribution in [0.15, 0.2) is 33.3 Å². The zero-order valence-electron chi connectivity index (χ0n) is 10.7. The molecule has 2 rings (SSSR count). The number of benzene rings is 1. The van der Waals surface area contributed by atoms with Gasteiger partial charge in [0.25, 0.3) is 0 Å². The Labute approximate surface area is 129 Å². The van der Waals surface area contributed by atoms with E-state index < -0.39 is 0 Å². The number of ether oxygens (including phenoxy) is 1. The summed E-state index contributed by atoms with van der Waals surface area (Å²) in [5, 5.41) is 4.29. The Kier molecular flexibility index (Phi) is 4.65. The normalized spacial score (nSPS) is 12.5. The van der Waals surface area contributed by atoms with Gasteiger partial charge in [-0.2, -0.15) is 5.10 Å². The van der Waals surface area contributed by atoms with E-state index in [1.165, 1.54) is 0 Å². The van der Waals surface area contributed by atoms with Gasteiger partial charge < -0.3 is 10.5 Å². The van der Waals surface area contributed by atoms with Crippen LogP contribution in [-0.4, -0.2) is 16.9 Å². The molecule has 1 heterocycles. The molecule has 0 saturated carbocycles. The number of halogens is 2. The first-order valence-electron chi connectivity index (χ1n) is 5.88. The second kappa shape index (κ2) is 6.07. The Morgan fingerprint density at radius 3 is 2.68 bits per heavy atom. The zero-order chi connectivity index (χ0) is 14.0. The Hall–Kier alpha value is -0.850. The monoisotopic (exact) mass is 387 g/mol. The lowest BCUT2D eigenvalue weighted by Gasteiger charge is -2.16. The van der Waals surface area contributed by atoms with Gasteiger partial charge in [-0.1, -0.05) is 6.07 Å². The molecule has 1 atom stereocenters. The van der Waals surface area contributed by atoms with Gasteiger partial charge in [-0.3, -0.25) is 4.68 Å². The van der Waals surface area contributed by atoms with Crippen LogP contribution in [0.25, 0.3) is 0 Å². The minimum absolute atomic E-state index is 0.237. The fourth-order valence-electron chi connectivity index (χ4n) is 1.97. The second-order valence-electron chi connectivity index (χ2n) is 4.07. The van der Waals surface area contributed by atoms with E-state index in [0.29, 0.717) is 0 Å². The molecule has 0 spiro atoms. The van der Waals surface area contributed by atoms with Crippen molar-refractivity contribution in [2.24, 2.45) is 5.73 Å². The third-order valence-corrected chi connectivity index (χ3v) is 4.19. The average Bonchev–Trinajstić information content (AvgIpc) is 2.78. The predicted molar refractivity (Wildman–Crippen MR) is 82.3 cm³/mol. The van der Waals surface area contributed by atoms with E-state index >= 15 is 0 Å². The van der Waals surface area contributed by atoms with E-state index in [-0.39, 0.29) is 6.04 Å². The summed E-state index contributed by atoms with van der Waals surface area (Å²) < 4.78 is 8.94. The van der Waals surface area contributed by atoms with Crippen molar-refractivity contribution >= 4 is 31.9 Å². The molecule has 0 amide bonds. The minimum Gasteiger partial charge on any atom is -0.496 e. The minimum atomic E-state index is -0.237. The van der Waals surface area contributed by atoms with E-state index in [2.05, 4.69) is 37.0 Å². The SMILES string of the molecule is CCn1ncc(Br)c1C(N)c1ccc(OC)c(Br)c1. The summed E-state index contributed by atoms with van der Waals surface area (Å²) in [6, 6.07) is 5.61. The third-order valence-electron chi connectivity index (χ3n) is 2.96. The molecule has 0 aliphatic heterocycles. The van der Waals surface area contributed by atoms with Gasteiger partial charge in [-0.25, -0.2) is 0 Å². The summed E-state index contributed by atoms with van der Waals surface area (Å²) in [6.07, 6.45) is 1.78. The fourth-order valence-corrected chi connectivity index (χ4v) is 3.07. The van der Waals surface area contributed by atoms with Crippen molar-refractivity contribution in [3.63, 3.8) is 0 Å². The summed E-state index contributed by atoms with van der Waals surface area (Å²) >= 11 is 6.98. The summed E-state index contributed by atoms with van der Waals surface area (Å²) in [4.78, 5) is 0. The number of methoxy groups -OCH3 is 1. The van der Waals surface area contributed by atoms with Crippen molar-refractivity contribution in [3.05, 3.63) is 44.6 Å². The molecule has 1 unspecified atom stereocenters. The molecule has 2 aromatic rings. The van der Waals surface area contributed by atoms with Crippen LogP contribution in [-0.2, 0) is 6.54 Å². The standard InChI is InChI=1S/C13H15Br2N3O/c1-3-18-13(10(15)7-17-18)12(16)8-4-5-11(19-2)9(14)6-8/h4-7,12H,3,16H2,1-2H3.